The van der Waals surface area contributed by atoms with Gasteiger partial charge in [0.25, 0.3) is 0 Å². The molecule has 0 aliphatic heterocycles. The summed E-state index contributed by atoms with van der Waals surface area (Å²) in [6.45, 7) is 0. The van der Waals surface area contributed by atoms with Crippen molar-refractivity contribution >= 4 is 76.2 Å². The third-order valence-corrected chi connectivity index (χ3v) is 6.16. The van der Waals surface area contributed by atoms with E-state index in [1.54, 1.807) is 48.5 Å². The minimum atomic E-state index is -4.45. The fourth-order valence-corrected chi connectivity index (χ4v) is 4.43. The van der Waals surface area contributed by atoms with Gasteiger partial charge in [-0.05, 0) is 24.3 Å². The van der Waals surface area contributed by atoms with Crippen LogP contribution in [0.5, 0.6) is 0 Å². The topological polar surface area (TPSA) is 166 Å². The predicted molar refractivity (Wildman–Crippen MR) is 118 cm³/mol. The molecule has 0 unspecified atom stereocenters. The average Bonchev–Trinajstić information content (AvgIpc) is 2.67. The molecule has 11 heteroatoms. The van der Waals surface area contributed by atoms with Crippen molar-refractivity contribution in [1.82, 2.24) is 0 Å². The van der Waals surface area contributed by atoms with Gasteiger partial charge in [-0.2, -0.15) is 0 Å². The van der Waals surface area contributed by atoms with Crippen LogP contribution in [0, 0.1) is 0 Å². The summed E-state index contributed by atoms with van der Waals surface area (Å²) in [7, 11) is -8.90. The van der Waals surface area contributed by atoms with Crippen LogP contribution in [-0.4, -0.2) is 49.0 Å². The smallest absolute Gasteiger partial charge is 0.744 e. The van der Waals surface area contributed by atoms with Crippen molar-refractivity contribution in [2.75, 3.05) is 11.5 Å². The van der Waals surface area contributed by atoms with E-state index in [4.69, 9.17) is 11.5 Å². The summed E-state index contributed by atoms with van der Waals surface area (Å²) in [6, 6.07) is 18.6. The van der Waals surface area contributed by atoms with Crippen LogP contribution in [0.2, 0.25) is 0 Å². The number of hydrogen-bond donors (Lipinski definition) is 2. The Kier molecular flexibility index (Phi) is 7.52. The van der Waals surface area contributed by atoms with E-state index in [0.717, 1.165) is 0 Å². The SMILES string of the molecule is Nc1cccc2c(S(=O)(=O)[O-])cccc12.Nc1cccc2c(S(=O)(=O)[O-])cccc12.[Mg+2]. The molecule has 0 radical (unpaired) electrons. The largest absolute Gasteiger partial charge is 2.00 e. The molecule has 31 heavy (non-hydrogen) atoms. The Labute approximate surface area is 195 Å². The Morgan fingerprint density at radius 2 is 0.806 bits per heavy atom. The molecule has 0 aliphatic carbocycles. The summed E-state index contributed by atoms with van der Waals surface area (Å²) in [4.78, 5) is -0.459. The maximum Gasteiger partial charge on any atom is 2.00 e. The third-order valence-electron chi connectivity index (χ3n) is 4.37. The van der Waals surface area contributed by atoms with Gasteiger partial charge in [-0.3, -0.25) is 0 Å². The van der Waals surface area contributed by atoms with Crippen molar-refractivity contribution in [2.45, 2.75) is 9.79 Å². The van der Waals surface area contributed by atoms with E-state index in [1.807, 2.05) is 0 Å². The van der Waals surface area contributed by atoms with E-state index in [1.165, 1.54) is 24.3 Å². The van der Waals surface area contributed by atoms with Crippen molar-refractivity contribution < 1.29 is 25.9 Å². The van der Waals surface area contributed by atoms with Gasteiger partial charge in [-0.15, -0.1) is 0 Å². The van der Waals surface area contributed by atoms with E-state index < -0.39 is 20.2 Å². The van der Waals surface area contributed by atoms with Gasteiger partial charge in [0, 0.05) is 32.9 Å². The second kappa shape index (κ2) is 9.38. The molecule has 4 rings (SSSR count). The number of hydrogen-bond acceptors (Lipinski definition) is 8. The van der Waals surface area contributed by atoms with Crippen molar-refractivity contribution in [3.8, 4) is 0 Å². The van der Waals surface area contributed by atoms with Crippen molar-refractivity contribution in [2.24, 2.45) is 0 Å². The second-order valence-corrected chi connectivity index (χ2v) is 9.00. The number of benzene rings is 4. The molecule has 0 saturated carbocycles. The average molecular weight is 469 g/mol. The van der Waals surface area contributed by atoms with Crippen LogP contribution < -0.4 is 11.5 Å². The standard InChI is InChI=1S/2C10H9NO3S.Mg/c2*11-9-5-1-4-8-7(9)3-2-6-10(8)15(12,13)14;/h2*1-6H,11H2,(H,12,13,14);/q;;+2/p-2. The molecule has 0 spiro atoms. The van der Waals surface area contributed by atoms with Crippen LogP contribution in [0.1, 0.15) is 0 Å². The summed E-state index contributed by atoms with van der Waals surface area (Å²) in [5.41, 5.74) is 12.3. The van der Waals surface area contributed by atoms with E-state index in [2.05, 4.69) is 0 Å². The molecule has 4 N–H and O–H groups in total. The minimum absolute atomic E-state index is 0. The molecule has 0 fully saturated rings. The fourth-order valence-electron chi connectivity index (χ4n) is 3.05. The summed E-state index contributed by atoms with van der Waals surface area (Å²) in [6.07, 6.45) is 0. The number of fused-ring (bicyclic) bond motifs is 2. The van der Waals surface area contributed by atoms with Gasteiger partial charge in [0.05, 0.1) is 9.79 Å². The van der Waals surface area contributed by atoms with Crippen LogP contribution in [0.25, 0.3) is 21.5 Å². The first-order valence-corrected chi connectivity index (χ1v) is 11.3. The number of anilines is 2. The molecule has 0 atom stereocenters. The monoisotopic (exact) mass is 468 g/mol. The first-order valence-electron chi connectivity index (χ1n) is 8.46. The van der Waals surface area contributed by atoms with Gasteiger partial charge in [0.1, 0.15) is 20.2 Å². The van der Waals surface area contributed by atoms with E-state index >= 15 is 0 Å². The van der Waals surface area contributed by atoms with Gasteiger partial charge in [-0.25, -0.2) is 16.8 Å². The van der Waals surface area contributed by atoms with Gasteiger partial charge in [0.2, 0.25) is 0 Å². The van der Waals surface area contributed by atoms with Crippen LogP contribution in [0.15, 0.2) is 82.6 Å². The van der Waals surface area contributed by atoms with E-state index in [-0.39, 0.29) is 32.8 Å². The summed E-state index contributed by atoms with van der Waals surface area (Å²) in [5.74, 6) is 0. The number of rotatable bonds is 2. The summed E-state index contributed by atoms with van der Waals surface area (Å²) < 4.78 is 65.8. The number of nitrogen functional groups attached to an aromatic ring is 2. The van der Waals surface area contributed by atoms with Crippen LogP contribution in [0.4, 0.5) is 11.4 Å². The molecule has 0 aliphatic rings. The molecular formula is C20H16MgN2O6S2. The second-order valence-electron chi connectivity index (χ2n) is 6.31. The van der Waals surface area contributed by atoms with Gasteiger partial charge in [0.15, 0.2) is 0 Å². The van der Waals surface area contributed by atoms with E-state index in [0.29, 0.717) is 32.9 Å². The molecule has 0 amide bonds. The van der Waals surface area contributed by atoms with Gasteiger partial charge >= 0.3 is 23.1 Å². The zero-order valence-electron chi connectivity index (χ0n) is 16.1. The number of nitrogens with two attached hydrogens (primary N) is 2. The summed E-state index contributed by atoms with van der Waals surface area (Å²) in [5, 5.41) is 1.89. The van der Waals surface area contributed by atoms with Crippen molar-refractivity contribution in [3.05, 3.63) is 72.8 Å². The molecule has 0 aromatic heterocycles. The van der Waals surface area contributed by atoms with Crippen LogP contribution in [0.3, 0.4) is 0 Å². The Bertz CT molecular complexity index is 1360. The molecule has 4 aromatic carbocycles. The Balaban J connectivity index is 0.000000213. The zero-order valence-corrected chi connectivity index (χ0v) is 19.1. The molecular weight excluding hydrogens is 453 g/mol. The molecule has 156 valence electrons. The molecule has 0 bridgehead atoms. The quantitative estimate of drug-likeness (QED) is 0.256. The fraction of sp³-hybridized carbons (Fsp3) is 0. The molecule has 8 nitrogen and oxygen atoms in total. The van der Waals surface area contributed by atoms with Crippen molar-refractivity contribution in [3.63, 3.8) is 0 Å². The maximum atomic E-state index is 11.0. The van der Waals surface area contributed by atoms with Crippen molar-refractivity contribution in [1.29, 1.82) is 0 Å². The Morgan fingerprint density at radius 1 is 0.516 bits per heavy atom. The third kappa shape index (κ3) is 5.45. The minimum Gasteiger partial charge on any atom is -0.744 e. The summed E-state index contributed by atoms with van der Waals surface area (Å²) >= 11 is 0. The Hall–Kier alpha value is -2.41. The van der Waals surface area contributed by atoms with Gasteiger partial charge in [-0.1, -0.05) is 48.5 Å². The molecule has 0 saturated heterocycles. The Morgan fingerprint density at radius 3 is 1.13 bits per heavy atom. The normalized spacial score (nSPS) is 11.4. The molecule has 4 aromatic rings. The molecule has 0 heterocycles. The zero-order chi connectivity index (χ0) is 22.1. The maximum absolute atomic E-state index is 11.0. The van der Waals surface area contributed by atoms with Gasteiger partial charge < -0.3 is 20.6 Å². The van der Waals surface area contributed by atoms with E-state index in [9.17, 15) is 25.9 Å². The predicted octanol–water partition coefficient (Wildman–Crippen LogP) is 2.27. The van der Waals surface area contributed by atoms with Crippen LogP contribution >= 0.6 is 0 Å². The van der Waals surface area contributed by atoms with Crippen LogP contribution in [-0.2, 0) is 20.2 Å². The first kappa shape index (κ1) is 24.9. The first-order chi connectivity index (χ1) is 14.0.